The van der Waals surface area contributed by atoms with Crippen LogP contribution in [0.4, 0.5) is 0 Å². The SMILES string of the molecule is O=C(C[N+]12CCC(CC1)[C@@H](OC(=O)[C@H](c1ccccc1)N1CCCCC1)C2)c1ccsc1. The third-order valence-corrected chi connectivity index (χ3v) is 8.41. The van der Waals surface area contributed by atoms with Crippen molar-refractivity contribution in [3.05, 3.63) is 58.3 Å². The standard InChI is InChI=1S/C26H33N2O3S/c29-23(22-11-16-32-19-22)17-28-14-9-20(10-15-28)24(18-28)31-26(30)25(21-7-3-1-4-8-21)27-12-5-2-6-13-27/h1,3-4,7-8,11,16,19-20,24-25H,2,5-6,9-10,12-15,17-18H2/q+1/t20?,24-,25-,28?/m0/s1. The van der Waals surface area contributed by atoms with Gasteiger partial charge in [0.15, 0.2) is 6.10 Å². The molecule has 0 radical (unpaired) electrons. The van der Waals surface area contributed by atoms with Crippen LogP contribution in [0.15, 0.2) is 47.2 Å². The van der Waals surface area contributed by atoms with E-state index in [1.807, 2.05) is 47.2 Å². The van der Waals surface area contributed by atoms with Crippen molar-refractivity contribution in [3.63, 3.8) is 0 Å². The van der Waals surface area contributed by atoms with E-state index < -0.39 is 0 Å². The van der Waals surface area contributed by atoms with E-state index in [4.69, 9.17) is 4.74 Å². The summed E-state index contributed by atoms with van der Waals surface area (Å²) in [4.78, 5) is 28.7. The molecule has 1 aromatic carbocycles. The molecule has 5 nitrogen and oxygen atoms in total. The first-order chi connectivity index (χ1) is 15.6. The highest BCUT2D eigenvalue weighted by atomic mass is 32.1. The fourth-order valence-corrected chi connectivity index (χ4v) is 6.58. The normalized spacial score (nSPS) is 28.9. The Bertz CT molecular complexity index is 916. The summed E-state index contributed by atoms with van der Waals surface area (Å²) in [5.74, 6) is 0.527. The molecule has 0 spiro atoms. The lowest BCUT2D eigenvalue weighted by molar-refractivity contribution is -0.938. The van der Waals surface area contributed by atoms with Gasteiger partial charge >= 0.3 is 5.97 Å². The lowest BCUT2D eigenvalue weighted by atomic mass is 9.82. The minimum absolute atomic E-state index is 0.0868. The number of carbonyl (C=O) groups excluding carboxylic acids is 2. The number of carbonyl (C=O) groups is 2. The van der Waals surface area contributed by atoms with E-state index in [-0.39, 0.29) is 23.9 Å². The first kappa shape index (κ1) is 21.8. The molecule has 0 aliphatic carbocycles. The van der Waals surface area contributed by atoms with Crippen molar-refractivity contribution in [2.45, 2.75) is 44.2 Å². The molecule has 0 amide bonds. The van der Waals surface area contributed by atoms with E-state index in [9.17, 15) is 9.59 Å². The van der Waals surface area contributed by atoms with Gasteiger partial charge in [0.1, 0.15) is 19.1 Å². The summed E-state index contributed by atoms with van der Waals surface area (Å²) >= 11 is 1.57. The Morgan fingerprint density at radius 1 is 1.06 bits per heavy atom. The predicted molar refractivity (Wildman–Crippen MR) is 126 cm³/mol. The van der Waals surface area contributed by atoms with Crippen LogP contribution in [0.1, 0.15) is 54.1 Å². The number of ether oxygens (including phenoxy) is 1. The summed E-state index contributed by atoms with van der Waals surface area (Å²) < 4.78 is 7.05. The van der Waals surface area contributed by atoms with Gasteiger partial charge in [-0.2, -0.15) is 11.3 Å². The zero-order chi connectivity index (χ0) is 22.0. The lowest BCUT2D eigenvalue weighted by Gasteiger charge is -2.51. The summed E-state index contributed by atoms with van der Waals surface area (Å²) in [7, 11) is 0. The van der Waals surface area contributed by atoms with Gasteiger partial charge in [0.05, 0.1) is 13.1 Å². The van der Waals surface area contributed by atoms with Crippen molar-refractivity contribution in [3.8, 4) is 0 Å². The van der Waals surface area contributed by atoms with Gasteiger partial charge in [0.2, 0.25) is 5.78 Å². The van der Waals surface area contributed by atoms with E-state index in [0.717, 1.165) is 74.0 Å². The number of nitrogens with zero attached hydrogens (tertiary/aromatic N) is 2. The molecule has 1 aromatic heterocycles. The van der Waals surface area contributed by atoms with Gasteiger partial charge in [-0.1, -0.05) is 36.8 Å². The van der Waals surface area contributed by atoms with Gasteiger partial charge in [0, 0.05) is 29.7 Å². The first-order valence-electron chi connectivity index (χ1n) is 12.0. The molecule has 4 saturated heterocycles. The Morgan fingerprint density at radius 2 is 1.81 bits per heavy atom. The summed E-state index contributed by atoms with van der Waals surface area (Å²) in [6, 6.07) is 11.7. The maximum atomic E-state index is 13.6. The molecule has 32 heavy (non-hydrogen) atoms. The molecule has 4 aliphatic heterocycles. The Hall–Kier alpha value is -2.02. The molecule has 170 valence electrons. The first-order valence-corrected chi connectivity index (χ1v) is 13.0. The number of benzene rings is 1. The summed E-state index contributed by atoms with van der Waals surface area (Å²) in [6.45, 7) is 5.21. The Balaban J connectivity index is 1.31. The van der Waals surface area contributed by atoms with Gasteiger partial charge in [-0.3, -0.25) is 9.69 Å². The number of likely N-dealkylation sites (tertiary alicyclic amines) is 1. The lowest BCUT2D eigenvalue weighted by Crippen LogP contribution is -2.66. The van der Waals surface area contributed by atoms with Gasteiger partial charge in [-0.25, -0.2) is 4.79 Å². The molecule has 6 rings (SSSR count). The maximum absolute atomic E-state index is 13.6. The molecule has 4 aliphatic rings. The maximum Gasteiger partial charge on any atom is 0.328 e. The number of hydrogen-bond acceptors (Lipinski definition) is 5. The molecule has 0 N–H and O–H groups in total. The molecule has 0 unspecified atom stereocenters. The second kappa shape index (κ2) is 9.46. The molecule has 6 heteroatoms. The van der Waals surface area contributed by atoms with Crippen LogP contribution in [0.2, 0.25) is 0 Å². The second-order valence-corrected chi connectivity index (χ2v) is 10.6. The van der Waals surface area contributed by atoms with Crippen molar-refractivity contribution in [1.29, 1.82) is 0 Å². The zero-order valence-electron chi connectivity index (χ0n) is 18.7. The van der Waals surface area contributed by atoms with E-state index in [0.29, 0.717) is 12.5 Å². The molecule has 5 heterocycles. The topological polar surface area (TPSA) is 46.6 Å². The van der Waals surface area contributed by atoms with E-state index in [1.54, 1.807) is 11.3 Å². The Kier molecular flexibility index (Phi) is 6.44. The van der Waals surface area contributed by atoms with Crippen molar-refractivity contribution in [1.82, 2.24) is 4.90 Å². The molecular weight excluding hydrogens is 420 g/mol. The van der Waals surface area contributed by atoms with Crippen LogP contribution in [0.3, 0.4) is 0 Å². The third-order valence-electron chi connectivity index (χ3n) is 7.73. The van der Waals surface area contributed by atoms with Crippen LogP contribution in [0.25, 0.3) is 0 Å². The summed E-state index contributed by atoms with van der Waals surface area (Å²) in [5.41, 5.74) is 1.84. The molecule has 0 saturated carbocycles. The molecule has 2 bridgehead atoms. The van der Waals surface area contributed by atoms with Crippen molar-refractivity contribution in [2.24, 2.45) is 5.92 Å². The predicted octanol–water partition coefficient (Wildman–Crippen LogP) is 4.31. The average molecular weight is 454 g/mol. The van der Waals surface area contributed by atoms with Gasteiger partial charge < -0.3 is 9.22 Å². The highest BCUT2D eigenvalue weighted by molar-refractivity contribution is 7.08. The van der Waals surface area contributed by atoms with Crippen LogP contribution >= 0.6 is 11.3 Å². The minimum Gasteiger partial charge on any atom is -0.455 e. The van der Waals surface area contributed by atoms with E-state index >= 15 is 0 Å². The Labute approximate surface area is 194 Å². The largest absolute Gasteiger partial charge is 0.455 e. The third kappa shape index (κ3) is 4.54. The Morgan fingerprint density at radius 3 is 2.50 bits per heavy atom. The number of thiophene rings is 1. The van der Waals surface area contributed by atoms with Gasteiger partial charge in [-0.05, 0) is 42.9 Å². The van der Waals surface area contributed by atoms with E-state index in [1.165, 1.54) is 6.42 Å². The van der Waals surface area contributed by atoms with Crippen LogP contribution < -0.4 is 0 Å². The fraction of sp³-hybridized carbons (Fsp3) is 0.538. The van der Waals surface area contributed by atoms with Crippen molar-refractivity contribution >= 4 is 23.1 Å². The monoisotopic (exact) mass is 453 g/mol. The number of piperidine rings is 4. The van der Waals surface area contributed by atoms with Crippen molar-refractivity contribution < 1.29 is 18.8 Å². The van der Waals surface area contributed by atoms with E-state index in [2.05, 4.69) is 4.90 Å². The van der Waals surface area contributed by atoms with Crippen molar-refractivity contribution in [2.75, 3.05) is 39.3 Å². The number of ketones is 1. The number of Topliss-reactive ketones (excluding diaryl/α,β-unsaturated/α-hetero) is 1. The molecule has 4 fully saturated rings. The van der Waals surface area contributed by atoms with Crippen LogP contribution in [0.5, 0.6) is 0 Å². The van der Waals surface area contributed by atoms with Gasteiger partial charge in [-0.15, -0.1) is 0 Å². The second-order valence-electron chi connectivity index (χ2n) is 9.79. The summed E-state index contributed by atoms with van der Waals surface area (Å²) in [6.07, 6.45) is 5.48. The zero-order valence-corrected chi connectivity index (χ0v) is 19.5. The highest BCUT2D eigenvalue weighted by Gasteiger charge is 2.49. The van der Waals surface area contributed by atoms with Crippen LogP contribution in [0, 0.1) is 5.92 Å². The average Bonchev–Trinajstić information content (AvgIpc) is 3.37. The number of rotatable bonds is 7. The quantitative estimate of drug-likeness (QED) is 0.356. The number of esters is 1. The van der Waals surface area contributed by atoms with Gasteiger partial charge in [0.25, 0.3) is 0 Å². The fourth-order valence-electron chi connectivity index (χ4n) is 5.92. The number of fused-ring (bicyclic) bond motifs is 3. The smallest absolute Gasteiger partial charge is 0.328 e. The molecule has 2 atom stereocenters. The highest BCUT2D eigenvalue weighted by Crippen LogP contribution is 2.37. The molecular formula is C26H33N2O3S+. The number of hydrogen-bond donors (Lipinski definition) is 0. The van der Waals surface area contributed by atoms with Crippen LogP contribution in [-0.4, -0.2) is 66.5 Å². The number of quaternary nitrogens is 1. The molecule has 2 aromatic rings. The summed E-state index contributed by atoms with van der Waals surface area (Å²) in [5, 5.41) is 3.91. The minimum atomic E-state index is -0.326. The van der Waals surface area contributed by atoms with Crippen LogP contribution in [-0.2, 0) is 9.53 Å².